The van der Waals surface area contributed by atoms with Crippen molar-refractivity contribution in [2.24, 2.45) is 0 Å². The maximum absolute atomic E-state index is 12.4. The number of carboxylic acid groups (broad SMARTS) is 1. The number of esters is 2. The Morgan fingerprint density at radius 3 is 2.56 bits per heavy atom. The molecule has 0 aliphatic carbocycles. The highest BCUT2D eigenvalue weighted by Crippen LogP contribution is 2.20. The van der Waals surface area contributed by atoms with Gasteiger partial charge >= 0.3 is 18.0 Å². The summed E-state index contributed by atoms with van der Waals surface area (Å²) in [5.74, 6) is -1.15. The van der Waals surface area contributed by atoms with Gasteiger partial charge in [-0.25, -0.2) is 24.4 Å². The van der Waals surface area contributed by atoms with Crippen LogP contribution in [0.4, 0.5) is 4.79 Å². The van der Waals surface area contributed by atoms with Crippen LogP contribution in [0.25, 0.3) is 0 Å². The largest absolute Gasteiger partial charge is 0.465 e. The summed E-state index contributed by atoms with van der Waals surface area (Å²) in [7, 11) is 0. The summed E-state index contributed by atoms with van der Waals surface area (Å²) in [5.41, 5.74) is 0. The highest BCUT2D eigenvalue weighted by atomic mass is 16.6. The van der Waals surface area contributed by atoms with Crippen molar-refractivity contribution < 1.29 is 29.0 Å². The Morgan fingerprint density at radius 1 is 1.28 bits per heavy atom. The Hall–Kier alpha value is -2.71. The Bertz CT molecular complexity index is 622. The number of likely N-dealkylation sites (tertiary alicyclic amines) is 1. The first-order chi connectivity index (χ1) is 11.9. The molecule has 1 aromatic heterocycles. The third kappa shape index (κ3) is 5.13. The van der Waals surface area contributed by atoms with E-state index >= 15 is 0 Å². The first-order valence-corrected chi connectivity index (χ1v) is 8.05. The Morgan fingerprint density at radius 2 is 1.96 bits per heavy atom. The van der Waals surface area contributed by atoms with Gasteiger partial charge in [-0.2, -0.15) is 0 Å². The number of amides is 1. The van der Waals surface area contributed by atoms with E-state index in [1.54, 1.807) is 19.9 Å². The molecule has 2 atom stereocenters. The molecule has 1 aliphatic rings. The van der Waals surface area contributed by atoms with Gasteiger partial charge in [-0.3, -0.25) is 4.90 Å². The normalized spacial score (nSPS) is 18.0. The predicted molar refractivity (Wildman–Crippen MR) is 84.6 cm³/mol. The van der Waals surface area contributed by atoms with Gasteiger partial charge in [0.05, 0.1) is 12.5 Å². The second kappa shape index (κ2) is 8.41. The number of aromatic nitrogens is 2. The van der Waals surface area contributed by atoms with Crippen LogP contribution < -0.4 is 0 Å². The fourth-order valence-corrected chi connectivity index (χ4v) is 2.54. The van der Waals surface area contributed by atoms with Gasteiger partial charge in [0.1, 0.15) is 11.9 Å². The zero-order chi connectivity index (χ0) is 18.4. The minimum absolute atomic E-state index is 0.0437. The van der Waals surface area contributed by atoms with Gasteiger partial charge in [-0.1, -0.05) is 0 Å². The topological polar surface area (TPSA) is 119 Å². The highest BCUT2D eigenvalue weighted by Gasteiger charge is 2.38. The summed E-state index contributed by atoms with van der Waals surface area (Å²) < 4.78 is 10.4. The third-order valence-electron chi connectivity index (χ3n) is 3.63. The monoisotopic (exact) mass is 351 g/mol. The van der Waals surface area contributed by atoms with Crippen molar-refractivity contribution in [1.29, 1.82) is 0 Å². The van der Waals surface area contributed by atoms with Gasteiger partial charge < -0.3 is 14.6 Å². The highest BCUT2D eigenvalue weighted by molar-refractivity contribution is 5.84. The van der Waals surface area contributed by atoms with Crippen molar-refractivity contribution in [2.75, 3.05) is 6.54 Å². The molecule has 9 nitrogen and oxygen atoms in total. The van der Waals surface area contributed by atoms with Gasteiger partial charge in [-0.05, 0) is 32.8 Å². The van der Waals surface area contributed by atoms with Crippen LogP contribution in [0.5, 0.6) is 0 Å². The van der Waals surface area contributed by atoms with E-state index in [1.165, 1.54) is 12.4 Å². The molecule has 2 rings (SSSR count). The Kier molecular flexibility index (Phi) is 6.26. The quantitative estimate of drug-likeness (QED) is 0.755. The molecule has 0 saturated carbocycles. The van der Waals surface area contributed by atoms with Crippen LogP contribution in [0.15, 0.2) is 18.5 Å². The molecule has 1 fully saturated rings. The molecule has 0 spiro atoms. The fourth-order valence-electron chi connectivity index (χ4n) is 2.54. The molecule has 9 heteroatoms. The maximum Gasteiger partial charge on any atom is 0.408 e. The molecule has 136 valence electrons. The van der Waals surface area contributed by atoms with Gasteiger partial charge in [0.2, 0.25) is 6.10 Å². The van der Waals surface area contributed by atoms with Crippen molar-refractivity contribution in [3.8, 4) is 0 Å². The number of rotatable bonds is 6. The second-order valence-corrected chi connectivity index (χ2v) is 5.91. The minimum Gasteiger partial charge on any atom is -0.465 e. The number of carbonyl (C=O) groups is 3. The van der Waals surface area contributed by atoms with Crippen LogP contribution >= 0.6 is 0 Å². The van der Waals surface area contributed by atoms with Gasteiger partial charge in [0.15, 0.2) is 0 Å². The van der Waals surface area contributed by atoms with E-state index in [0.717, 1.165) is 4.90 Å². The first-order valence-electron chi connectivity index (χ1n) is 8.05. The molecule has 1 saturated heterocycles. The van der Waals surface area contributed by atoms with E-state index < -0.39 is 30.2 Å². The molecular weight excluding hydrogens is 330 g/mol. The summed E-state index contributed by atoms with van der Waals surface area (Å²) in [6.07, 6.45) is 1.11. The molecule has 1 aliphatic heterocycles. The van der Waals surface area contributed by atoms with Crippen molar-refractivity contribution in [3.63, 3.8) is 0 Å². The molecule has 1 aromatic rings. The number of ether oxygens (including phenoxy) is 2. The van der Waals surface area contributed by atoms with E-state index in [0.29, 0.717) is 18.7 Å². The molecule has 0 radical (unpaired) electrons. The lowest BCUT2D eigenvalue weighted by Gasteiger charge is -2.23. The molecule has 25 heavy (non-hydrogen) atoms. The second-order valence-electron chi connectivity index (χ2n) is 5.91. The summed E-state index contributed by atoms with van der Waals surface area (Å²) in [6.45, 7) is 3.62. The molecule has 1 amide bonds. The van der Waals surface area contributed by atoms with E-state index in [9.17, 15) is 14.4 Å². The molecule has 2 heterocycles. The standard InChI is InChI=1S/C16H21N3O6/c1-10(2)24-15(21)12(9-13-17-6-4-7-18-13)25-14(20)11-5-3-8-19(11)16(22)23/h4,6-7,10-12H,3,5,8-9H2,1-2H3,(H,22,23)/t11-,12+/m0/s1. The lowest BCUT2D eigenvalue weighted by atomic mass is 10.2. The summed E-state index contributed by atoms with van der Waals surface area (Å²) in [4.78, 5) is 44.8. The van der Waals surface area contributed by atoms with Crippen LogP contribution in [0.2, 0.25) is 0 Å². The molecule has 0 unspecified atom stereocenters. The molecule has 0 bridgehead atoms. The zero-order valence-corrected chi connectivity index (χ0v) is 14.1. The van der Waals surface area contributed by atoms with Crippen LogP contribution in [0.1, 0.15) is 32.5 Å². The van der Waals surface area contributed by atoms with Crippen molar-refractivity contribution >= 4 is 18.0 Å². The van der Waals surface area contributed by atoms with E-state index in [4.69, 9.17) is 14.6 Å². The minimum atomic E-state index is -1.23. The number of hydrogen-bond acceptors (Lipinski definition) is 7. The van der Waals surface area contributed by atoms with Crippen molar-refractivity contribution in [3.05, 3.63) is 24.3 Å². The summed E-state index contributed by atoms with van der Waals surface area (Å²) in [5, 5.41) is 9.14. The molecular formula is C16H21N3O6. The van der Waals surface area contributed by atoms with Gasteiger partial charge in [0, 0.05) is 18.9 Å². The average Bonchev–Trinajstić information content (AvgIpc) is 3.04. The number of nitrogens with zero attached hydrogens (tertiary/aromatic N) is 3. The fraction of sp³-hybridized carbons (Fsp3) is 0.562. The molecule has 0 aromatic carbocycles. The van der Waals surface area contributed by atoms with Crippen LogP contribution in [-0.2, 0) is 25.5 Å². The average molecular weight is 351 g/mol. The number of carbonyl (C=O) groups excluding carboxylic acids is 2. The van der Waals surface area contributed by atoms with E-state index in [2.05, 4.69) is 9.97 Å². The van der Waals surface area contributed by atoms with Crippen molar-refractivity contribution in [2.45, 2.75) is 51.4 Å². The van der Waals surface area contributed by atoms with E-state index in [1.807, 2.05) is 0 Å². The molecule has 1 N–H and O–H groups in total. The Labute approximate surface area is 145 Å². The first kappa shape index (κ1) is 18.6. The summed E-state index contributed by atoms with van der Waals surface area (Å²) in [6, 6.07) is 0.712. The van der Waals surface area contributed by atoms with Crippen LogP contribution in [-0.4, -0.2) is 62.8 Å². The Balaban J connectivity index is 2.10. The number of hydrogen-bond donors (Lipinski definition) is 1. The predicted octanol–water partition coefficient (Wildman–Crippen LogP) is 1.02. The van der Waals surface area contributed by atoms with Crippen LogP contribution in [0, 0.1) is 0 Å². The maximum atomic E-state index is 12.4. The van der Waals surface area contributed by atoms with Crippen molar-refractivity contribution in [1.82, 2.24) is 14.9 Å². The lowest BCUT2D eigenvalue weighted by molar-refractivity contribution is -0.172. The zero-order valence-electron chi connectivity index (χ0n) is 14.1. The van der Waals surface area contributed by atoms with Gasteiger partial charge in [0.25, 0.3) is 0 Å². The van der Waals surface area contributed by atoms with Crippen LogP contribution in [0.3, 0.4) is 0 Å². The smallest absolute Gasteiger partial charge is 0.408 e. The third-order valence-corrected chi connectivity index (χ3v) is 3.63. The van der Waals surface area contributed by atoms with Gasteiger partial charge in [-0.15, -0.1) is 0 Å². The van der Waals surface area contributed by atoms with E-state index in [-0.39, 0.29) is 19.1 Å². The summed E-state index contributed by atoms with van der Waals surface area (Å²) >= 11 is 0. The SMILES string of the molecule is CC(C)OC(=O)[C@@H](Cc1ncccn1)OC(=O)[C@@H]1CCCN1C(=O)O. The lowest BCUT2D eigenvalue weighted by Crippen LogP contribution is -2.43.